The normalized spacial score (nSPS) is 14.1. The Labute approximate surface area is 244 Å². The molecule has 10 heteroatoms. The van der Waals surface area contributed by atoms with Gasteiger partial charge in [-0.25, -0.2) is 14.9 Å². The number of ketones is 1. The summed E-state index contributed by atoms with van der Waals surface area (Å²) in [5.41, 5.74) is -1.89. The van der Waals surface area contributed by atoms with Gasteiger partial charge in [-0.1, -0.05) is 43.3 Å². The molecule has 3 rings (SSSR count). The molecule has 0 N–H and O–H groups in total. The fraction of sp³-hybridized carbons (Fsp3) is 0.241. The molecule has 1 radical (unpaired) electrons. The van der Waals surface area contributed by atoms with Crippen LogP contribution in [0.1, 0.15) is 50.3 Å². The maximum absolute atomic E-state index is 14.8. The van der Waals surface area contributed by atoms with E-state index in [1.54, 1.807) is 13.0 Å². The van der Waals surface area contributed by atoms with E-state index in [2.05, 4.69) is 11.9 Å². The number of unbranched alkanes of at least 4 members (excludes halogenated alkanes) is 1. The van der Waals surface area contributed by atoms with Gasteiger partial charge in [-0.15, -0.1) is 5.57 Å². The second kappa shape index (κ2) is 15.8. The summed E-state index contributed by atoms with van der Waals surface area (Å²) in [5.74, 6) is -2.41. The quantitative estimate of drug-likeness (QED) is 0.143. The molecule has 0 saturated carbocycles. The van der Waals surface area contributed by atoms with E-state index < -0.39 is 39.7 Å². The second-order valence-corrected chi connectivity index (χ2v) is 8.12. The molecule has 211 valence electrons. The van der Waals surface area contributed by atoms with Crippen LogP contribution in [0.2, 0.25) is 5.02 Å². The van der Waals surface area contributed by atoms with E-state index >= 15 is 0 Å². The predicted octanol–water partition coefficient (Wildman–Crippen LogP) is 8.73. The summed E-state index contributed by atoms with van der Waals surface area (Å²) in [7, 11) is 0. The first-order chi connectivity index (χ1) is 17.5. The molecule has 0 aromatic heterocycles. The van der Waals surface area contributed by atoms with Gasteiger partial charge in [-0.3, -0.25) is 11.6 Å². The molecule has 1 aliphatic heterocycles. The average molecular weight is 603 g/mol. The van der Waals surface area contributed by atoms with Gasteiger partial charge in [0.1, 0.15) is 11.6 Å². The van der Waals surface area contributed by atoms with Crippen LogP contribution in [0.4, 0.5) is 27.6 Å². The summed E-state index contributed by atoms with van der Waals surface area (Å²) < 4.78 is 70.8. The molecule has 0 amide bonds. The van der Waals surface area contributed by atoms with E-state index in [1.807, 2.05) is 6.92 Å². The van der Waals surface area contributed by atoms with Crippen molar-refractivity contribution in [2.75, 3.05) is 11.4 Å². The Balaban J connectivity index is 0.00000353. The number of carbonyl (C=O) groups excluding carboxylic acids is 1. The topological polar surface area (TPSA) is 32.7 Å². The van der Waals surface area contributed by atoms with Gasteiger partial charge in [0.2, 0.25) is 0 Å². The van der Waals surface area contributed by atoms with Crippen LogP contribution in [0, 0.1) is 32.6 Å². The van der Waals surface area contributed by atoms with E-state index in [0.29, 0.717) is 12.1 Å². The summed E-state index contributed by atoms with van der Waals surface area (Å²) in [6.07, 6.45) is 0.669. The van der Waals surface area contributed by atoms with Gasteiger partial charge in [0.15, 0.2) is 0 Å². The number of alkyl halides is 3. The number of benzodiazepines with no additional fused rings is 1. The third-order valence-corrected chi connectivity index (χ3v) is 5.75. The molecule has 3 nitrogen and oxygen atoms in total. The Bertz CT molecular complexity index is 1250. The van der Waals surface area contributed by atoms with Crippen molar-refractivity contribution in [2.24, 2.45) is 4.99 Å². The molecule has 0 aliphatic carbocycles. The number of hydrogen-bond acceptors (Lipinski definition) is 3. The van der Waals surface area contributed by atoms with Gasteiger partial charge in [-0.05, 0) is 37.6 Å². The number of Topliss-reactive ketones (excluding diaryl/α,β-unsaturated/α-hetero) is 1. The van der Waals surface area contributed by atoms with Crippen LogP contribution >= 0.6 is 11.6 Å². The van der Waals surface area contributed by atoms with Gasteiger partial charge in [-0.2, -0.15) is 20.1 Å². The van der Waals surface area contributed by atoms with Crippen LogP contribution in [0.25, 0.3) is 0 Å². The summed E-state index contributed by atoms with van der Waals surface area (Å²) in [5, 5.41) is -0.771. The Morgan fingerprint density at radius 3 is 2.23 bits per heavy atom. The summed E-state index contributed by atoms with van der Waals surface area (Å²) in [6, 6.07) is 5.01. The monoisotopic (exact) mass is 602 g/mol. The Kier molecular flexibility index (Phi) is 14.7. The van der Waals surface area contributed by atoms with Crippen LogP contribution in [0.5, 0.6) is 0 Å². The van der Waals surface area contributed by atoms with Crippen LogP contribution < -0.4 is 4.90 Å². The number of rotatable bonds is 6. The molecule has 2 aromatic carbocycles. The molecule has 1 heterocycles. The van der Waals surface area contributed by atoms with E-state index in [4.69, 9.17) is 18.2 Å². The summed E-state index contributed by atoms with van der Waals surface area (Å²) >= 11 is 6.27. The number of halogens is 6. The number of hydrogen-bond donors (Lipinski definition) is 0. The SMILES string of the molecule is [CH-]=C/C(=C/N1/C(=C\CCC)CN=C(c2c(F)cccc2F)c2c1ccc(C(F)(F)F)c2Cl)C(C)=O.[CH2-]C.[CH3-].[V]. The third-order valence-electron chi connectivity index (χ3n) is 5.35. The number of aliphatic imine (C=N–C) groups is 1. The maximum Gasteiger partial charge on any atom is 0.417 e. The Hall–Kier alpha value is -2.68. The molecule has 39 heavy (non-hydrogen) atoms. The molecule has 0 spiro atoms. The Morgan fingerprint density at radius 2 is 1.74 bits per heavy atom. The molecule has 0 bridgehead atoms. The van der Waals surface area contributed by atoms with E-state index in [0.717, 1.165) is 42.8 Å². The smallest absolute Gasteiger partial charge is 0.358 e. The standard InChI is InChI=1S/C26H21ClF5N2O.C2H5.CH3.V/c1-4-6-8-17-13-33-25(22-19(28)9-7-10-20(22)29)23-21(34(17)14-16(5-2)15(3)35)12-11-18(24(23)27)26(30,31)32;1-2;;/h2,5,7-12,14H,4,6,13H2,1,3H3;1H2,2H3;1H3;/q3*-1;/b16-14-,17-8-;;;. The number of anilines is 1. The largest absolute Gasteiger partial charge is 0.417 e. The first-order valence-corrected chi connectivity index (χ1v) is 11.7. The van der Waals surface area contributed by atoms with Crippen molar-refractivity contribution in [3.8, 4) is 0 Å². The number of nitrogens with zero attached hydrogens (tertiary/aromatic N) is 2. The molecular formula is C29H29ClF5N2OV-3. The van der Waals surface area contributed by atoms with E-state index in [1.165, 1.54) is 18.0 Å². The van der Waals surface area contributed by atoms with E-state index in [9.17, 15) is 26.7 Å². The predicted molar refractivity (Wildman–Crippen MR) is 144 cm³/mol. The van der Waals surface area contributed by atoms with Gasteiger partial charge < -0.3 is 24.0 Å². The minimum atomic E-state index is -4.84. The first-order valence-electron chi connectivity index (χ1n) is 11.4. The number of benzene rings is 2. The molecule has 2 aromatic rings. The minimum Gasteiger partial charge on any atom is -0.358 e. The zero-order valence-electron chi connectivity index (χ0n) is 22.0. The molecule has 0 fully saturated rings. The van der Waals surface area contributed by atoms with Gasteiger partial charge >= 0.3 is 6.18 Å². The average Bonchev–Trinajstić information content (AvgIpc) is 2.99. The van der Waals surface area contributed by atoms with E-state index in [-0.39, 0.29) is 55.1 Å². The number of allylic oxidation sites excluding steroid dienone is 3. The fourth-order valence-corrected chi connectivity index (χ4v) is 3.98. The third kappa shape index (κ3) is 8.16. The second-order valence-electron chi connectivity index (χ2n) is 7.74. The van der Waals surface area contributed by atoms with Crippen molar-refractivity contribution in [3.05, 3.63) is 114 Å². The molecular weight excluding hydrogens is 574 g/mol. The van der Waals surface area contributed by atoms with Gasteiger partial charge in [0, 0.05) is 29.8 Å². The minimum absolute atomic E-state index is 0. The summed E-state index contributed by atoms with van der Waals surface area (Å²) in [4.78, 5) is 17.8. The maximum atomic E-state index is 14.8. The van der Waals surface area contributed by atoms with Crippen molar-refractivity contribution in [1.29, 1.82) is 0 Å². The Morgan fingerprint density at radius 1 is 1.15 bits per heavy atom. The zero-order valence-corrected chi connectivity index (χ0v) is 24.2. The molecule has 1 aliphatic rings. The van der Waals surface area contributed by atoms with Crippen LogP contribution in [-0.2, 0) is 29.5 Å². The molecule has 0 unspecified atom stereocenters. The van der Waals surface area contributed by atoms with Crippen LogP contribution in [0.3, 0.4) is 0 Å². The van der Waals surface area contributed by atoms with Crippen LogP contribution in [-0.4, -0.2) is 18.0 Å². The number of fused-ring (bicyclic) bond motifs is 1. The van der Waals surface area contributed by atoms with Crippen molar-refractivity contribution in [3.63, 3.8) is 0 Å². The number of carbonyl (C=O) groups is 1. The first kappa shape index (κ1) is 36.3. The van der Waals surface area contributed by atoms with Gasteiger partial charge in [0.25, 0.3) is 0 Å². The van der Waals surface area contributed by atoms with Crippen molar-refractivity contribution in [1.82, 2.24) is 0 Å². The molecule has 0 saturated heterocycles. The van der Waals surface area contributed by atoms with Gasteiger partial charge in [0.05, 0.1) is 39.9 Å². The van der Waals surface area contributed by atoms with Crippen molar-refractivity contribution in [2.45, 2.75) is 39.8 Å². The molecule has 0 atom stereocenters. The van der Waals surface area contributed by atoms with Crippen molar-refractivity contribution < 1.29 is 45.3 Å². The fourth-order valence-electron chi connectivity index (χ4n) is 3.63. The zero-order chi connectivity index (χ0) is 27.9. The van der Waals surface area contributed by atoms with Crippen molar-refractivity contribution >= 4 is 28.8 Å². The van der Waals surface area contributed by atoms with Crippen LogP contribution in [0.15, 0.2) is 64.9 Å². The summed E-state index contributed by atoms with van der Waals surface area (Å²) in [6.45, 7) is 13.7.